The third-order valence-electron chi connectivity index (χ3n) is 4.21. The van der Waals surface area contributed by atoms with E-state index < -0.39 is 0 Å². The van der Waals surface area contributed by atoms with Crippen LogP contribution in [0.4, 0.5) is 5.69 Å². The van der Waals surface area contributed by atoms with Crippen molar-refractivity contribution in [3.8, 4) is 23.0 Å². The number of hydrogen-bond acceptors (Lipinski definition) is 5. The van der Waals surface area contributed by atoms with Crippen LogP contribution in [0, 0.1) is 0 Å². The molecule has 29 heavy (non-hydrogen) atoms. The summed E-state index contributed by atoms with van der Waals surface area (Å²) < 4.78 is 11.2. The van der Waals surface area contributed by atoms with Gasteiger partial charge in [-0.25, -0.2) is 4.98 Å². The van der Waals surface area contributed by atoms with Crippen molar-refractivity contribution in [2.24, 2.45) is 4.99 Å². The highest BCUT2D eigenvalue weighted by atomic mass is 35.5. The number of rotatable bonds is 5. The molecule has 1 aromatic heterocycles. The van der Waals surface area contributed by atoms with Gasteiger partial charge in [0.05, 0.1) is 22.9 Å². The third-order valence-corrected chi connectivity index (χ3v) is 4.78. The molecule has 4 rings (SSSR count). The van der Waals surface area contributed by atoms with Gasteiger partial charge in [-0.15, -0.1) is 0 Å². The number of fused-ring (bicyclic) bond motifs is 1. The molecule has 0 radical (unpaired) electrons. The number of nitrogens with zero attached hydrogens (tertiary/aromatic N) is 2. The van der Waals surface area contributed by atoms with E-state index in [1.165, 1.54) is 0 Å². The monoisotopic (exact) mass is 426 g/mol. The molecule has 3 aromatic carbocycles. The highest BCUT2D eigenvalue weighted by molar-refractivity contribution is 6.35. The van der Waals surface area contributed by atoms with E-state index in [-0.39, 0.29) is 5.75 Å². The zero-order chi connectivity index (χ0) is 20.4. The first-order valence-electron chi connectivity index (χ1n) is 8.90. The topological polar surface area (TPSA) is 67.9 Å². The maximum Gasteiger partial charge on any atom is 0.228 e. The number of ether oxygens (including phenoxy) is 1. The number of hydrogen-bond donors (Lipinski definition) is 1. The largest absolute Gasteiger partial charge is 0.504 e. The minimum Gasteiger partial charge on any atom is -0.504 e. The second-order valence-corrected chi connectivity index (χ2v) is 7.02. The molecule has 5 nitrogen and oxygen atoms in total. The van der Waals surface area contributed by atoms with Gasteiger partial charge in [-0.05, 0) is 55.5 Å². The fraction of sp³-hybridized carbons (Fsp3) is 0.0909. The van der Waals surface area contributed by atoms with Gasteiger partial charge >= 0.3 is 0 Å². The van der Waals surface area contributed by atoms with Crippen molar-refractivity contribution < 1.29 is 14.3 Å². The van der Waals surface area contributed by atoms with E-state index in [1.807, 2.05) is 6.92 Å². The summed E-state index contributed by atoms with van der Waals surface area (Å²) in [6, 6.07) is 15.8. The highest BCUT2D eigenvalue weighted by Gasteiger charge is 2.13. The molecule has 1 N–H and O–H groups in total. The Labute approximate surface area is 177 Å². The highest BCUT2D eigenvalue weighted by Crippen LogP contribution is 2.33. The molecule has 0 fully saturated rings. The molecule has 0 unspecified atom stereocenters. The Hall–Kier alpha value is -3.02. The normalized spacial score (nSPS) is 11.4. The van der Waals surface area contributed by atoms with Gasteiger partial charge < -0.3 is 14.3 Å². The van der Waals surface area contributed by atoms with Gasteiger partial charge in [-0.3, -0.25) is 4.99 Å². The Morgan fingerprint density at radius 3 is 2.83 bits per heavy atom. The van der Waals surface area contributed by atoms with Crippen LogP contribution in [0.1, 0.15) is 12.5 Å². The summed E-state index contributed by atoms with van der Waals surface area (Å²) in [5.41, 5.74) is 3.09. The summed E-state index contributed by atoms with van der Waals surface area (Å²) in [5, 5.41) is 11.3. The smallest absolute Gasteiger partial charge is 0.228 e. The molecular weight excluding hydrogens is 411 g/mol. The van der Waals surface area contributed by atoms with Crippen molar-refractivity contribution in [2.75, 3.05) is 6.61 Å². The predicted octanol–water partition coefficient (Wildman–Crippen LogP) is 6.66. The lowest BCUT2D eigenvalue weighted by Gasteiger charge is -2.07. The molecule has 4 aromatic rings. The Morgan fingerprint density at radius 2 is 2.00 bits per heavy atom. The number of aromatic nitrogens is 1. The lowest BCUT2D eigenvalue weighted by atomic mass is 10.2. The molecule has 0 amide bonds. The summed E-state index contributed by atoms with van der Waals surface area (Å²) in [4.78, 5) is 8.94. The summed E-state index contributed by atoms with van der Waals surface area (Å²) in [6.07, 6.45) is 1.58. The van der Waals surface area contributed by atoms with Crippen LogP contribution in [0.25, 0.3) is 22.6 Å². The van der Waals surface area contributed by atoms with E-state index >= 15 is 0 Å². The minimum absolute atomic E-state index is 0.0542. The molecule has 0 spiro atoms. The Morgan fingerprint density at radius 1 is 1.14 bits per heavy atom. The molecule has 146 valence electrons. The number of phenolic OH excluding ortho intramolecular Hbond substituents is 1. The van der Waals surface area contributed by atoms with Crippen LogP contribution in [-0.4, -0.2) is 22.9 Å². The van der Waals surface area contributed by atoms with E-state index in [1.54, 1.807) is 60.8 Å². The molecule has 0 saturated carbocycles. The van der Waals surface area contributed by atoms with Crippen LogP contribution < -0.4 is 4.74 Å². The summed E-state index contributed by atoms with van der Waals surface area (Å²) >= 11 is 12.3. The van der Waals surface area contributed by atoms with Crippen molar-refractivity contribution in [2.45, 2.75) is 6.92 Å². The molecule has 0 atom stereocenters. The van der Waals surface area contributed by atoms with Crippen LogP contribution >= 0.6 is 23.2 Å². The standard InChI is InChI=1S/C22H16Cl2N2O3/c1-2-28-20-5-3-4-13(21(20)27)12-25-15-7-9-19-18(11-15)26-22(29-19)16-10-14(23)6-8-17(16)24/h3-12,27H,2H2,1H3. The van der Waals surface area contributed by atoms with Gasteiger partial charge in [-0.2, -0.15) is 0 Å². The Bertz CT molecular complexity index is 1220. The number of aliphatic imine (C=N–C) groups is 1. The average molecular weight is 427 g/mol. The second kappa shape index (κ2) is 8.15. The van der Waals surface area contributed by atoms with E-state index in [9.17, 15) is 5.11 Å². The third kappa shape index (κ3) is 4.06. The number of aromatic hydroxyl groups is 1. The van der Waals surface area contributed by atoms with Crippen LogP contribution in [0.3, 0.4) is 0 Å². The van der Waals surface area contributed by atoms with Crippen LogP contribution in [0.15, 0.2) is 64.0 Å². The fourth-order valence-electron chi connectivity index (χ4n) is 2.83. The number of halogens is 2. The number of para-hydroxylation sites is 1. The first-order chi connectivity index (χ1) is 14.0. The lowest BCUT2D eigenvalue weighted by molar-refractivity contribution is 0.318. The molecule has 0 aliphatic carbocycles. The lowest BCUT2D eigenvalue weighted by Crippen LogP contribution is -1.93. The van der Waals surface area contributed by atoms with Crippen molar-refractivity contribution in [1.82, 2.24) is 4.98 Å². The van der Waals surface area contributed by atoms with Gasteiger partial charge in [0.1, 0.15) is 5.52 Å². The van der Waals surface area contributed by atoms with Crippen LogP contribution in [-0.2, 0) is 0 Å². The van der Waals surface area contributed by atoms with Gasteiger partial charge in [0.2, 0.25) is 5.89 Å². The van der Waals surface area contributed by atoms with Gasteiger partial charge in [0.15, 0.2) is 17.1 Å². The van der Waals surface area contributed by atoms with E-state index in [0.717, 1.165) is 0 Å². The van der Waals surface area contributed by atoms with Gasteiger partial charge in [0, 0.05) is 16.8 Å². The van der Waals surface area contributed by atoms with E-state index in [2.05, 4.69) is 9.98 Å². The molecular formula is C22H16Cl2N2O3. The minimum atomic E-state index is 0.0542. The molecule has 1 heterocycles. The molecule has 0 aliphatic rings. The van der Waals surface area contributed by atoms with Crippen LogP contribution in [0.5, 0.6) is 11.5 Å². The summed E-state index contributed by atoms with van der Waals surface area (Å²) in [7, 11) is 0. The molecule has 0 bridgehead atoms. The molecule has 7 heteroatoms. The maximum absolute atomic E-state index is 10.3. The zero-order valence-corrected chi connectivity index (χ0v) is 16.9. The number of benzene rings is 3. The van der Waals surface area contributed by atoms with Crippen molar-refractivity contribution in [1.29, 1.82) is 0 Å². The summed E-state index contributed by atoms with van der Waals surface area (Å²) in [6.45, 7) is 2.33. The average Bonchev–Trinajstić information content (AvgIpc) is 3.14. The van der Waals surface area contributed by atoms with Crippen LogP contribution in [0.2, 0.25) is 10.0 Å². The molecule has 0 aliphatic heterocycles. The van der Waals surface area contributed by atoms with Crippen molar-refractivity contribution in [3.63, 3.8) is 0 Å². The quantitative estimate of drug-likeness (QED) is 0.362. The van der Waals surface area contributed by atoms with Gasteiger partial charge in [-0.1, -0.05) is 29.3 Å². The SMILES string of the molecule is CCOc1cccc(C=Nc2ccc3oc(-c4cc(Cl)ccc4Cl)nc3c2)c1O. The first kappa shape index (κ1) is 19.3. The van der Waals surface area contributed by atoms with Crippen molar-refractivity contribution in [3.05, 3.63) is 70.2 Å². The van der Waals surface area contributed by atoms with E-state index in [0.29, 0.717) is 56.2 Å². The Kier molecular flexibility index (Phi) is 5.43. The molecule has 0 saturated heterocycles. The first-order valence-corrected chi connectivity index (χ1v) is 9.65. The van der Waals surface area contributed by atoms with Crippen molar-refractivity contribution >= 4 is 46.2 Å². The maximum atomic E-state index is 10.3. The number of oxazole rings is 1. The summed E-state index contributed by atoms with van der Waals surface area (Å²) in [5.74, 6) is 0.862. The van der Waals surface area contributed by atoms with E-state index in [4.69, 9.17) is 32.4 Å². The predicted molar refractivity (Wildman–Crippen MR) is 116 cm³/mol. The number of phenols is 1. The van der Waals surface area contributed by atoms with Gasteiger partial charge in [0.25, 0.3) is 0 Å². The fourth-order valence-corrected chi connectivity index (χ4v) is 3.20. The Balaban J connectivity index is 1.66. The zero-order valence-electron chi connectivity index (χ0n) is 15.4. The second-order valence-electron chi connectivity index (χ2n) is 6.18.